The van der Waals surface area contributed by atoms with Crippen LogP contribution >= 0.6 is 19.4 Å². The number of nitrogens with two attached hydrogens (primary N) is 1. The van der Waals surface area contributed by atoms with Gasteiger partial charge in [0.1, 0.15) is 13.2 Å². The summed E-state index contributed by atoms with van der Waals surface area (Å²) < 4.78 is 22.5. The Kier molecular flexibility index (Phi) is 4.12. The average Bonchev–Trinajstić information content (AvgIpc) is 2.85. The van der Waals surface area contributed by atoms with Crippen LogP contribution in [-0.4, -0.2) is 51.8 Å². The first kappa shape index (κ1) is 15.3. The molecule has 3 unspecified atom stereocenters. The molecule has 0 saturated carbocycles. The van der Waals surface area contributed by atoms with Crippen molar-refractivity contribution >= 4 is 31.6 Å². The van der Waals surface area contributed by atoms with E-state index in [-0.39, 0.29) is 19.3 Å². The number of cyclic esters (lactones) is 2. The lowest BCUT2D eigenvalue weighted by Gasteiger charge is -2.32. The molecule has 10 nitrogen and oxygen atoms in total. The molecule has 0 aromatic carbocycles. The zero-order valence-corrected chi connectivity index (χ0v) is 12.5. The second kappa shape index (κ2) is 5.38. The van der Waals surface area contributed by atoms with Crippen molar-refractivity contribution in [2.45, 2.75) is 25.9 Å². The predicted octanol–water partition coefficient (Wildman–Crippen LogP) is 0.610. The van der Waals surface area contributed by atoms with Gasteiger partial charge in [0.15, 0.2) is 0 Å². The molecule has 3 N–H and O–H groups in total. The van der Waals surface area contributed by atoms with Crippen LogP contribution in [0.2, 0.25) is 0 Å². The number of rotatable bonds is 4. The Hall–Kier alpha value is -1.06. The fourth-order valence-electron chi connectivity index (χ4n) is 1.73. The molecule has 2 aliphatic rings. The van der Waals surface area contributed by atoms with E-state index in [1.165, 1.54) is 0 Å². The van der Waals surface area contributed by atoms with Gasteiger partial charge < -0.3 is 9.47 Å². The molecule has 2 fully saturated rings. The van der Waals surface area contributed by atoms with E-state index >= 15 is 0 Å². The number of hydrogen-bond donors (Lipinski definition) is 2. The fourth-order valence-corrected chi connectivity index (χ4v) is 3.24. The van der Waals surface area contributed by atoms with E-state index in [1.54, 1.807) is 13.8 Å². The van der Waals surface area contributed by atoms with Crippen molar-refractivity contribution in [1.29, 1.82) is 0 Å². The van der Waals surface area contributed by atoms with Crippen molar-refractivity contribution in [2.75, 3.05) is 13.2 Å². The van der Waals surface area contributed by atoms with Crippen molar-refractivity contribution in [3.8, 4) is 0 Å². The number of carbonyl (C=O) groups excluding carboxylic acids is 2. The molecule has 2 amide bonds. The highest BCUT2D eigenvalue weighted by Gasteiger charge is 2.44. The highest BCUT2D eigenvalue weighted by molar-refractivity contribution is 7.58. The van der Waals surface area contributed by atoms with E-state index in [4.69, 9.17) is 26.8 Å². The number of hydrazine groups is 2. The third kappa shape index (κ3) is 2.70. The van der Waals surface area contributed by atoms with E-state index in [1.807, 2.05) is 0 Å². The van der Waals surface area contributed by atoms with Crippen molar-refractivity contribution in [3.05, 3.63) is 0 Å². The summed E-state index contributed by atoms with van der Waals surface area (Å²) in [6.45, 7) is 3.55. The first-order chi connectivity index (χ1) is 9.24. The minimum atomic E-state index is -3.93. The van der Waals surface area contributed by atoms with Crippen LogP contribution in [0, 0.1) is 0 Å². The molecule has 2 rings (SSSR count). The third-order valence-electron chi connectivity index (χ3n) is 2.81. The van der Waals surface area contributed by atoms with Gasteiger partial charge in [0.25, 0.3) is 0 Å². The molecule has 2 aliphatic heterocycles. The van der Waals surface area contributed by atoms with Crippen LogP contribution in [0.25, 0.3) is 0 Å². The molecular formula is C8H15ClN5O5P. The topological polar surface area (TPSA) is 117 Å². The van der Waals surface area contributed by atoms with Gasteiger partial charge in [-0.1, -0.05) is 0 Å². The van der Waals surface area contributed by atoms with Gasteiger partial charge in [0.2, 0.25) is 0 Å². The van der Waals surface area contributed by atoms with E-state index < -0.39 is 25.8 Å². The van der Waals surface area contributed by atoms with Crippen LogP contribution in [-0.2, 0) is 14.0 Å². The quantitative estimate of drug-likeness (QED) is 0.569. The first-order valence-corrected chi connectivity index (χ1v) is 7.85. The molecule has 0 bridgehead atoms. The molecule has 2 heterocycles. The van der Waals surface area contributed by atoms with Gasteiger partial charge in [-0.2, -0.15) is 0 Å². The van der Waals surface area contributed by atoms with Gasteiger partial charge in [-0.25, -0.2) is 19.6 Å². The maximum absolute atomic E-state index is 12.4. The van der Waals surface area contributed by atoms with Crippen molar-refractivity contribution in [2.24, 2.45) is 5.50 Å². The van der Waals surface area contributed by atoms with Crippen LogP contribution in [0.5, 0.6) is 0 Å². The molecule has 2 saturated heterocycles. The van der Waals surface area contributed by atoms with Gasteiger partial charge in [0.05, 0.1) is 12.1 Å². The third-order valence-corrected chi connectivity index (χ3v) is 4.83. The van der Waals surface area contributed by atoms with Crippen LogP contribution < -0.4 is 10.7 Å². The number of ether oxygens (including phenoxy) is 2. The summed E-state index contributed by atoms with van der Waals surface area (Å²) in [5.41, 5.74) is 5.61. The fraction of sp³-hybridized carbons (Fsp3) is 0.750. The van der Waals surface area contributed by atoms with E-state index in [0.29, 0.717) is 4.30 Å². The summed E-state index contributed by atoms with van der Waals surface area (Å²) in [5, 5.41) is 4.20. The minimum Gasteiger partial charge on any atom is -0.446 e. The largest absolute Gasteiger partial charge is 0.446 e. The van der Waals surface area contributed by atoms with E-state index in [9.17, 15) is 14.2 Å². The molecule has 12 heteroatoms. The molecule has 0 aromatic heterocycles. The number of nitrogens with zero attached hydrogens (tertiary/aromatic N) is 3. The molecule has 0 spiro atoms. The Morgan fingerprint density at radius 3 is 2.30 bits per heavy atom. The minimum absolute atomic E-state index is 0.101. The van der Waals surface area contributed by atoms with Crippen LogP contribution in [0.4, 0.5) is 9.59 Å². The lowest BCUT2D eigenvalue weighted by molar-refractivity contribution is 0.118. The van der Waals surface area contributed by atoms with Crippen LogP contribution in [0.3, 0.4) is 0 Å². The van der Waals surface area contributed by atoms with E-state index in [2.05, 4.69) is 5.20 Å². The van der Waals surface area contributed by atoms with Gasteiger partial charge in [-0.15, -0.1) is 5.20 Å². The molecule has 0 aromatic rings. The second-order valence-corrected chi connectivity index (χ2v) is 6.91. The number of carbonyl (C=O) groups is 2. The van der Waals surface area contributed by atoms with Crippen LogP contribution in [0.1, 0.15) is 13.8 Å². The molecule has 3 atom stereocenters. The molecule has 0 aliphatic carbocycles. The SMILES string of the molecule is CC1COC(=O)N1NP(N)(=O)N(Cl)N1C(=O)OCC1C. The Labute approximate surface area is 120 Å². The summed E-state index contributed by atoms with van der Waals surface area (Å²) in [7, 11) is -3.93. The summed E-state index contributed by atoms with van der Waals surface area (Å²) >= 11 is 5.87. The number of nitrogens with one attached hydrogen (secondary N) is 1. The standard InChI is InChI=1S/C8H15ClN5O5P/c1-5-3-18-7(15)12(5)11-20(10,17)14(9)13-6(2)4-19-8(13)16/h5-6H,3-4H2,1-2H3,(H3,10,11,17). The van der Waals surface area contributed by atoms with Gasteiger partial charge >= 0.3 is 19.8 Å². The monoisotopic (exact) mass is 327 g/mol. The lowest BCUT2D eigenvalue weighted by atomic mass is 10.4. The normalized spacial score (nSPS) is 29.6. The molecular weight excluding hydrogens is 313 g/mol. The summed E-state index contributed by atoms with van der Waals surface area (Å²) in [6.07, 6.45) is -1.48. The van der Waals surface area contributed by atoms with Crippen molar-refractivity contribution < 1.29 is 23.6 Å². The maximum atomic E-state index is 12.4. The number of amides is 2. The van der Waals surface area contributed by atoms with Gasteiger partial charge in [-0.3, -0.25) is 10.1 Å². The average molecular weight is 328 g/mol. The smallest absolute Gasteiger partial charge is 0.426 e. The molecule has 0 radical (unpaired) electrons. The van der Waals surface area contributed by atoms with Crippen molar-refractivity contribution in [1.82, 2.24) is 19.5 Å². The summed E-state index contributed by atoms with van der Waals surface area (Å²) in [6, 6.07) is -0.797. The number of hydrogen-bond acceptors (Lipinski definition) is 5. The zero-order chi connectivity index (χ0) is 15.1. The summed E-state index contributed by atoms with van der Waals surface area (Å²) in [4.78, 5) is 22.9. The van der Waals surface area contributed by atoms with Gasteiger partial charge in [-0.05, 0) is 18.1 Å². The summed E-state index contributed by atoms with van der Waals surface area (Å²) in [5.74, 6) is 0. The second-order valence-electron chi connectivity index (χ2n) is 4.53. The Morgan fingerprint density at radius 1 is 1.30 bits per heavy atom. The van der Waals surface area contributed by atoms with Gasteiger partial charge in [0, 0.05) is 11.8 Å². The predicted molar refractivity (Wildman–Crippen MR) is 67.9 cm³/mol. The molecule has 20 heavy (non-hydrogen) atoms. The first-order valence-electron chi connectivity index (χ1n) is 5.79. The van der Waals surface area contributed by atoms with Crippen LogP contribution in [0.15, 0.2) is 0 Å². The van der Waals surface area contributed by atoms with E-state index in [0.717, 1.165) is 10.0 Å². The highest BCUT2D eigenvalue weighted by Crippen LogP contribution is 2.43. The van der Waals surface area contributed by atoms with Crippen molar-refractivity contribution in [3.63, 3.8) is 0 Å². The Balaban J connectivity index is 2.11. The Bertz CT molecular complexity index is 478. The number of halogens is 1. The maximum Gasteiger partial charge on any atom is 0.426 e. The lowest BCUT2D eigenvalue weighted by Crippen LogP contribution is -2.50. The zero-order valence-electron chi connectivity index (χ0n) is 10.9. The molecule has 114 valence electrons. The Morgan fingerprint density at radius 2 is 1.85 bits per heavy atom. The highest BCUT2D eigenvalue weighted by atomic mass is 35.5.